The maximum atomic E-state index is 8.92. The third-order valence-corrected chi connectivity index (χ3v) is 2.45. The van der Waals surface area contributed by atoms with Crippen LogP contribution in [0.2, 0.25) is 5.82 Å². The van der Waals surface area contributed by atoms with Gasteiger partial charge in [-0.15, -0.1) is 0 Å². The molecule has 1 aliphatic rings. The second-order valence-corrected chi connectivity index (χ2v) is 3.60. The van der Waals surface area contributed by atoms with Crippen molar-refractivity contribution in [2.45, 2.75) is 18.7 Å². The van der Waals surface area contributed by atoms with Gasteiger partial charge in [0.2, 0.25) is 0 Å². The van der Waals surface area contributed by atoms with E-state index in [0.29, 0.717) is 19.1 Å². The summed E-state index contributed by atoms with van der Waals surface area (Å²) in [6, 6.07) is 0. The van der Waals surface area contributed by atoms with Crippen molar-refractivity contribution >= 4 is 7.12 Å². The highest BCUT2D eigenvalue weighted by Gasteiger charge is 2.24. The van der Waals surface area contributed by atoms with Gasteiger partial charge in [-0.25, -0.2) is 0 Å². The average Bonchev–Trinajstić information content (AvgIpc) is 2.19. The zero-order chi connectivity index (χ0) is 10.4. The molecule has 14 heavy (non-hydrogen) atoms. The van der Waals surface area contributed by atoms with E-state index in [4.69, 9.17) is 19.9 Å². The molecule has 0 unspecified atom stereocenters. The predicted molar refractivity (Wildman–Crippen MR) is 53.7 cm³/mol. The van der Waals surface area contributed by atoms with Crippen LogP contribution >= 0.6 is 0 Å². The Labute approximate surface area is 84.4 Å². The summed E-state index contributed by atoms with van der Waals surface area (Å²) < 4.78 is 5.19. The van der Waals surface area contributed by atoms with E-state index in [1.165, 1.54) is 0 Å². The summed E-state index contributed by atoms with van der Waals surface area (Å²) in [6.45, 7) is 1.02. The summed E-state index contributed by atoms with van der Waals surface area (Å²) in [5.41, 5.74) is 0. The Bertz CT molecular complexity index is 184. The van der Waals surface area contributed by atoms with Gasteiger partial charge in [-0.3, -0.25) is 0 Å². The van der Waals surface area contributed by atoms with Crippen molar-refractivity contribution < 1.29 is 19.9 Å². The van der Waals surface area contributed by atoms with Crippen LogP contribution in [0.25, 0.3) is 0 Å². The van der Waals surface area contributed by atoms with Gasteiger partial charge in [-0.05, 0) is 12.8 Å². The quantitative estimate of drug-likeness (QED) is 0.326. The van der Waals surface area contributed by atoms with Crippen molar-refractivity contribution in [3.63, 3.8) is 0 Å². The van der Waals surface area contributed by atoms with Gasteiger partial charge in [-0.2, -0.15) is 0 Å². The van der Waals surface area contributed by atoms with E-state index in [0.717, 1.165) is 12.8 Å². The van der Waals surface area contributed by atoms with E-state index >= 15 is 0 Å². The molecule has 0 fully saturated rings. The fourth-order valence-electron chi connectivity index (χ4n) is 1.59. The lowest BCUT2D eigenvalue weighted by atomic mass is 9.67. The molecule has 0 saturated carbocycles. The first-order valence-corrected chi connectivity index (χ1v) is 4.97. The van der Waals surface area contributed by atoms with E-state index in [1.54, 1.807) is 0 Å². The molecule has 0 aromatic heterocycles. The number of aliphatic hydroxyl groups is 1. The number of aliphatic hydroxyl groups excluding tert-OH is 1. The number of hydrogen-bond donors (Lipinski definition) is 3. The molecule has 2 atom stereocenters. The number of ether oxygens (including phenoxy) is 1. The van der Waals surface area contributed by atoms with Gasteiger partial charge in [0.25, 0.3) is 0 Å². The first-order chi connectivity index (χ1) is 6.74. The Balaban J connectivity index is 2.22. The van der Waals surface area contributed by atoms with Crippen LogP contribution in [0.3, 0.4) is 0 Å². The molecule has 0 saturated heterocycles. The molecular weight excluding hydrogens is 183 g/mol. The Morgan fingerprint density at radius 3 is 2.57 bits per heavy atom. The first kappa shape index (κ1) is 11.7. The minimum atomic E-state index is -1.24. The average molecular weight is 200 g/mol. The highest BCUT2D eigenvalue weighted by Crippen LogP contribution is 2.27. The second kappa shape index (κ2) is 6.19. The summed E-state index contributed by atoms with van der Waals surface area (Å²) >= 11 is 0. The maximum absolute atomic E-state index is 8.92. The summed E-state index contributed by atoms with van der Waals surface area (Å²) in [7, 11) is -1.24. The summed E-state index contributed by atoms with van der Waals surface area (Å²) in [5, 5.41) is 26.3. The molecule has 1 aliphatic carbocycles. The number of allylic oxidation sites excluding steroid dienone is 1. The molecule has 0 aliphatic heterocycles. The standard InChI is InChI=1S/C9H17BO4/c11-5-6-14-7-8-1-3-9(4-2-8)10(12)13/h1,3,8-9,11-13H,2,4-7H2/t8-,9-/m0/s1. The largest absolute Gasteiger partial charge is 0.458 e. The zero-order valence-corrected chi connectivity index (χ0v) is 8.17. The third kappa shape index (κ3) is 3.80. The predicted octanol–water partition coefficient (Wildman–Crippen LogP) is -0.196. The Kier molecular flexibility index (Phi) is 5.18. The van der Waals surface area contributed by atoms with Crippen molar-refractivity contribution in [1.82, 2.24) is 0 Å². The van der Waals surface area contributed by atoms with Crippen molar-refractivity contribution in [1.29, 1.82) is 0 Å². The first-order valence-electron chi connectivity index (χ1n) is 4.97. The highest BCUT2D eigenvalue weighted by molar-refractivity contribution is 6.43. The van der Waals surface area contributed by atoms with Crippen LogP contribution < -0.4 is 0 Å². The molecule has 0 spiro atoms. The van der Waals surface area contributed by atoms with Crippen molar-refractivity contribution in [2.24, 2.45) is 5.92 Å². The molecular formula is C9H17BO4. The second-order valence-electron chi connectivity index (χ2n) is 3.60. The highest BCUT2D eigenvalue weighted by atomic mass is 16.5. The van der Waals surface area contributed by atoms with Crippen LogP contribution in [0.4, 0.5) is 0 Å². The van der Waals surface area contributed by atoms with Crippen LogP contribution in [0.5, 0.6) is 0 Å². The SMILES string of the molecule is OCCOC[C@H]1C=C[C@H](B(O)O)CC1. The van der Waals surface area contributed by atoms with Crippen LogP contribution in [0, 0.1) is 5.92 Å². The molecule has 3 N–H and O–H groups in total. The Hall–Kier alpha value is -0.355. The molecule has 0 bridgehead atoms. The fraction of sp³-hybridized carbons (Fsp3) is 0.778. The van der Waals surface area contributed by atoms with Gasteiger partial charge in [-0.1, -0.05) is 12.2 Å². The topological polar surface area (TPSA) is 69.9 Å². The third-order valence-electron chi connectivity index (χ3n) is 2.45. The molecule has 5 heteroatoms. The molecule has 80 valence electrons. The van der Waals surface area contributed by atoms with E-state index < -0.39 is 7.12 Å². The molecule has 4 nitrogen and oxygen atoms in total. The summed E-state index contributed by atoms with van der Waals surface area (Å²) in [6.07, 6.45) is 5.48. The molecule has 0 aromatic rings. The monoisotopic (exact) mass is 200 g/mol. The van der Waals surface area contributed by atoms with Crippen molar-refractivity contribution in [3.05, 3.63) is 12.2 Å². The lowest BCUT2D eigenvalue weighted by Gasteiger charge is -2.21. The Morgan fingerprint density at radius 2 is 2.07 bits per heavy atom. The van der Waals surface area contributed by atoms with Crippen molar-refractivity contribution in [3.8, 4) is 0 Å². The summed E-state index contributed by atoms with van der Waals surface area (Å²) in [5.74, 6) is 0.209. The minimum absolute atomic E-state index is 0.0500. The van der Waals surface area contributed by atoms with E-state index in [9.17, 15) is 0 Å². The van der Waals surface area contributed by atoms with Crippen LogP contribution in [-0.2, 0) is 4.74 Å². The number of rotatable bonds is 5. The minimum Gasteiger partial charge on any atom is -0.427 e. The lowest BCUT2D eigenvalue weighted by Crippen LogP contribution is -2.23. The molecule has 0 heterocycles. The van der Waals surface area contributed by atoms with Crippen LogP contribution in [-0.4, -0.2) is 42.1 Å². The fourth-order valence-corrected chi connectivity index (χ4v) is 1.59. The smallest absolute Gasteiger partial charge is 0.427 e. The maximum Gasteiger partial charge on any atom is 0.458 e. The van der Waals surface area contributed by atoms with Crippen molar-refractivity contribution in [2.75, 3.05) is 19.8 Å². The van der Waals surface area contributed by atoms with E-state index in [-0.39, 0.29) is 12.4 Å². The zero-order valence-electron chi connectivity index (χ0n) is 8.17. The van der Waals surface area contributed by atoms with Gasteiger partial charge in [0.1, 0.15) is 0 Å². The van der Waals surface area contributed by atoms with Gasteiger partial charge in [0.15, 0.2) is 0 Å². The molecule has 0 radical (unpaired) electrons. The molecule has 1 rings (SSSR count). The normalized spacial score (nSPS) is 26.5. The molecule has 0 amide bonds. The van der Waals surface area contributed by atoms with Gasteiger partial charge in [0.05, 0.1) is 19.8 Å². The lowest BCUT2D eigenvalue weighted by molar-refractivity contribution is 0.0740. The van der Waals surface area contributed by atoms with E-state index in [2.05, 4.69) is 0 Å². The number of hydrogen-bond acceptors (Lipinski definition) is 4. The Morgan fingerprint density at radius 1 is 1.29 bits per heavy atom. The van der Waals surface area contributed by atoms with Crippen LogP contribution in [0.1, 0.15) is 12.8 Å². The van der Waals surface area contributed by atoms with Gasteiger partial charge in [0, 0.05) is 11.7 Å². The van der Waals surface area contributed by atoms with Crippen LogP contribution in [0.15, 0.2) is 12.2 Å². The van der Waals surface area contributed by atoms with Gasteiger partial charge >= 0.3 is 7.12 Å². The summed E-state index contributed by atoms with van der Waals surface area (Å²) in [4.78, 5) is 0. The van der Waals surface area contributed by atoms with Gasteiger partial charge < -0.3 is 19.9 Å². The van der Waals surface area contributed by atoms with E-state index in [1.807, 2.05) is 12.2 Å². The molecule has 0 aromatic carbocycles.